The van der Waals surface area contributed by atoms with E-state index in [9.17, 15) is 4.79 Å². The van der Waals surface area contributed by atoms with E-state index in [1.807, 2.05) is 11.4 Å². The third-order valence-electron chi connectivity index (χ3n) is 2.92. The zero-order valence-corrected chi connectivity index (χ0v) is 14.3. The number of aromatic nitrogens is 2. The molecule has 2 N–H and O–H groups in total. The van der Waals surface area contributed by atoms with Crippen LogP contribution in [0.25, 0.3) is 10.3 Å². The first-order valence-corrected chi connectivity index (χ1v) is 8.52. The number of carbonyl (C=O) groups is 1. The number of nitrogens with zero attached hydrogens (tertiary/aromatic N) is 3. The van der Waals surface area contributed by atoms with E-state index in [1.54, 1.807) is 35.7 Å². The first-order chi connectivity index (χ1) is 10.1. The Morgan fingerprint density at radius 3 is 2.86 bits per heavy atom. The first-order valence-electron chi connectivity index (χ1n) is 6.03. The summed E-state index contributed by atoms with van der Waals surface area (Å²) in [6.07, 6.45) is 3.17. The summed E-state index contributed by atoms with van der Waals surface area (Å²) in [7, 11) is 1.76. The van der Waals surface area contributed by atoms with Crippen LogP contribution >= 0.6 is 38.6 Å². The molecule has 3 heterocycles. The van der Waals surface area contributed by atoms with Gasteiger partial charge in [-0.2, -0.15) is 0 Å². The molecule has 1 amide bonds. The monoisotopic (exact) mass is 382 g/mol. The molecule has 0 bridgehead atoms. The van der Waals surface area contributed by atoms with E-state index in [0.717, 1.165) is 9.35 Å². The van der Waals surface area contributed by atoms with Crippen LogP contribution in [0.3, 0.4) is 0 Å². The van der Waals surface area contributed by atoms with Crippen molar-refractivity contribution in [1.82, 2.24) is 14.9 Å². The summed E-state index contributed by atoms with van der Waals surface area (Å²) >= 11 is 6.30. The van der Waals surface area contributed by atoms with Crippen LogP contribution < -0.4 is 5.73 Å². The number of hydrogen-bond acceptors (Lipinski definition) is 6. The van der Waals surface area contributed by atoms with E-state index < -0.39 is 0 Å². The van der Waals surface area contributed by atoms with E-state index in [1.165, 1.54) is 11.3 Å². The first kappa shape index (κ1) is 14.4. The summed E-state index contributed by atoms with van der Waals surface area (Å²) in [4.78, 5) is 24.8. The summed E-state index contributed by atoms with van der Waals surface area (Å²) in [5.74, 6) is -0.109. The van der Waals surface area contributed by atoms with E-state index in [4.69, 9.17) is 5.73 Å². The molecule has 8 heteroatoms. The molecule has 5 nitrogen and oxygen atoms in total. The fraction of sp³-hybridized carbons (Fsp3) is 0.154. The second kappa shape index (κ2) is 5.70. The molecule has 0 saturated carbocycles. The lowest BCUT2D eigenvalue weighted by atomic mass is 10.3. The van der Waals surface area contributed by atoms with Crippen LogP contribution in [0.4, 0.5) is 5.69 Å². The third kappa shape index (κ3) is 2.78. The van der Waals surface area contributed by atoms with Gasteiger partial charge < -0.3 is 10.6 Å². The van der Waals surface area contributed by atoms with Crippen molar-refractivity contribution < 1.29 is 4.79 Å². The Labute approximate surface area is 137 Å². The Morgan fingerprint density at radius 2 is 2.19 bits per heavy atom. The summed E-state index contributed by atoms with van der Waals surface area (Å²) in [5, 5.41) is 2.00. The maximum atomic E-state index is 12.5. The molecule has 0 aliphatic carbocycles. The quantitative estimate of drug-likeness (QED) is 0.753. The van der Waals surface area contributed by atoms with E-state index >= 15 is 0 Å². The number of fused-ring (bicyclic) bond motifs is 1. The third-order valence-corrected chi connectivity index (χ3v) is 5.69. The van der Waals surface area contributed by atoms with E-state index in [0.29, 0.717) is 27.5 Å². The average molecular weight is 383 g/mol. The lowest BCUT2D eigenvalue weighted by Crippen LogP contribution is -2.25. The van der Waals surface area contributed by atoms with Gasteiger partial charge in [0.1, 0.15) is 15.2 Å². The molecular weight excluding hydrogens is 372 g/mol. The van der Waals surface area contributed by atoms with Gasteiger partial charge in [-0.25, -0.2) is 9.97 Å². The Hall–Kier alpha value is -1.51. The number of halogens is 1. The molecule has 0 unspecified atom stereocenters. The molecule has 0 aromatic carbocycles. The van der Waals surface area contributed by atoms with Gasteiger partial charge in [-0.3, -0.25) is 4.79 Å². The molecule has 108 valence electrons. The van der Waals surface area contributed by atoms with Crippen molar-refractivity contribution in [3.05, 3.63) is 38.1 Å². The number of nitrogens with two attached hydrogens (primary N) is 1. The molecule has 3 rings (SSSR count). The van der Waals surface area contributed by atoms with Crippen LogP contribution in [0.2, 0.25) is 0 Å². The summed E-state index contributed by atoms with van der Waals surface area (Å²) < 4.78 is 1.03. The minimum atomic E-state index is -0.109. The molecule has 0 fully saturated rings. The van der Waals surface area contributed by atoms with Crippen molar-refractivity contribution in [2.75, 3.05) is 12.8 Å². The second-order valence-electron chi connectivity index (χ2n) is 4.45. The van der Waals surface area contributed by atoms with Gasteiger partial charge in [0.15, 0.2) is 0 Å². The molecule has 3 aromatic heterocycles. The van der Waals surface area contributed by atoms with Gasteiger partial charge in [0.2, 0.25) is 0 Å². The Bertz CT molecular complexity index is 813. The number of thiophene rings is 2. The predicted molar refractivity (Wildman–Crippen MR) is 89.6 cm³/mol. The molecule has 21 heavy (non-hydrogen) atoms. The molecule has 0 radical (unpaired) electrons. The van der Waals surface area contributed by atoms with Crippen LogP contribution in [0.15, 0.2) is 28.3 Å². The SMILES string of the molecule is CN(Cc1cc(Br)cs1)C(=O)c1sc2nccnc2c1N. The highest BCUT2D eigenvalue weighted by atomic mass is 79.9. The van der Waals surface area contributed by atoms with Gasteiger partial charge in [0.05, 0.1) is 12.2 Å². The Balaban J connectivity index is 1.87. The molecule has 0 spiro atoms. The van der Waals surface area contributed by atoms with Gasteiger partial charge in [-0.1, -0.05) is 0 Å². The largest absolute Gasteiger partial charge is 0.396 e. The second-order valence-corrected chi connectivity index (χ2v) is 7.36. The lowest BCUT2D eigenvalue weighted by Gasteiger charge is -2.15. The fourth-order valence-corrected chi connectivity index (χ4v) is 4.44. The van der Waals surface area contributed by atoms with Crippen molar-refractivity contribution in [3.8, 4) is 0 Å². The maximum absolute atomic E-state index is 12.5. The summed E-state index contributed by atoms with van der Waals surface area (Å²) in [6, 6.07) is 2.01. The number of anilines is 1. The van der Waals surface area contributed by atoms with Crippen molar-refractivity contribution in [2.24, 2.45) is 0 Å². The summed E-state index contributed by atoms with van der Waals surface area (Å²) in [5.41, 5.74) is 7.04. The van der Waals surface area contributed by atoms with Gasteiger partial charge in [-0.15, -0.1) is 22.7 Å². The van der Waals surface area contributed by atoms with E-state index in [-0.39, 0.29) is 5.91 Å². The summed E-state index contributed by atoms with van der Waals surface area (Å²) in [6.45, 7) is 0.545. The normalized spacial score (nSPS) is 11.0. The standard InChI is InChI=1S/C13H11BrN4OS2/c1-18(5-8-4-7(14)6-20-8)13(19)11-9(15)10-12(21-11)17-3-2-16-10/h2-4,6H,5,15H2,1H3. The number of hydrogen-bond donors (Lipinski definition) is 1. The van der Waals surface area contributed by atoms with Gasteiger partial charge in [0.25, 0.3) is 5.91 Å². The molecule has 0 aliphatic rings. The average Bonchev–Trinajstić information content (AvgIpc) is 3.03. The zero-order valence-electron chi connectivity index (χ0n) is 11.0. The topological polar surface area (TPSA) is 72.1 Å². The highest BCUT2D eigenvalue weighted by Crippen LogP contribution is 2.31. The van der Waals surface area contributed by atoms with Crippen LogP contribution in [-0.4, -0.2) is 27.8 Å². The minimum absolute atomic E-state index is 0.109. The van der Waals surface area contributed by atoms with Crippen molar-refractivity contribution in [3.63, 3.8) is 0 Å². The Kier molecular flexibility index (Phi) is 3.92. The number of amides is 1. The molecular formula is C13H11BrN4OS2. The lowest BCUT2D eigenvalue weighted by molar-refractivity contribution is 0.0792. The number of nitrogen functional groups attached to an aromatic ring is 1. The Morgan fingerprint density at radius 1 is 1.43 bits per heavy atom. The van der Waals surface area contributed by atoms with Crippen molar-refractivity contribution >= 4 is 60.5 Å². The number of rotatable bonds is 3. The predicted octanol–water partition coefficient (Wildman–Crippen LogP) is 3.37. The molecule has 3 aromatic rings. The van der Waals surface area contributed by atoms with Gasteiger partial charge in [0, 0.05) is 34.2 Å². The van der Waals surface area contributed by atoms with Crippen LogP contribution in [0.1, 0.15) is 14.5 Å². The van der Waals surface area contributed by atoms with Crippen molar-refractivity contribution in [1.29, 1.82) is 0 Å². The smallest absolute Gasteiger partial charge is 0.266 e. The number of carbonyl (C=O) groups excluding carboxylic acids is 1. The minimum Gasteiger partial charge on any atom is -0.396 e. The van der Waals surface area contributed by atoms with Crippen LogP contribution in [0.5, 0.6) is 0 Å². The molecule has 0 aliphatic heterocycles. The zero-order chi connectivity index (χ0) is 15.0. The highest BCUT2D eigenvalue weighted by molar-refractivity contribution is 9.10. The van der Waals surface area contributed by atoms with E-state index in [2.05, 4.69) is 25.9 Å². The van der Waals surface area contributed by atoms with Crippen molar-refractivity contribution in [2.45, 2.75) is 6.54 Å². The fourth-order valence-electron chi connectivity index (χ4n) is 1.92. The van der Waals surface area contributed by atoms with Gasteiger partial charge >= 0.3 is 0 Å². The highest BCUT2D eigenvalue weighted by Gasteiger charge is 2.21. The maximum Gasteiger partial charge on any atom is 0.266 e. The molecule has 0 atom stereocenters. The molecule has 0 saturated heterocycles. The van der Waals surface area contributed by atoms with Crippen LogP contribution in [0, 0.1) is 0 Å². The van der Waals surface area contributed by atoms with Gasteiger partial charge in [-0.05, 0) is 22.0 Å². The van der Waals surface area contributed by atoms with Crippen LogP contribution in [-0.2, 0) is 6.54 Å².